The number of rotatable bonds is 1. The van der Waals surface area contributed by atoms with Crippen molar-refractivity contribution in [3.8, 4) is 0 Å². The van der Waals surface area contributed by atoms with Crippen LogP contribution in [0.2, 0.25) is 0 Å². The van der Waals surface area contributed by atoms with Crippen LogP contribution in [0.25, 0.3) is 0 Å². The lowest BCUT2D eigenvalue weighted by atomic mass is 10.5. The number of hydrogen-bond acceptors (Lipinski definition) is 0. The summed E-state index contributed by atoms with van der Waals surface area (Å²) in [6.45, 7) is 0. The standard InChI is InChI=1S/C4H6Br/c5-3-4-1-2-4/h1,4H,2-3H2/q+1. The van der Waals surface area contributed by atoms with Gasteiger partial charge in [-0.15, -0.1) is 0 Å². The van der Waals surface area contributed by atoms with Crippen molar-refractivity contribution < 1.29 is 0 Å². The molecule has 1 saturated carbocycles. The van der Waals surface area contributed by atoms with Crippen LogP contribution in [0, 0.1) is 12.3 Å². The van der Waals surface area contributed by atoms with Crippen LogP contribution in [0.15, 0.2) is 0 Å². The van der Waals surface area contributed by atoms with Crippen molar-refractivity contribution in [3.05, 3.63) is 6.42 Å². The first-order valence-electron chi connectivity index (χ1n) is 1.83. The number of hydrogen-bond donors (Lipinski definition) is 0. The molecule has 0 nitrogen and oxygen atoms in total. The molecule has 1 aliphatic rings. The van der Waals surface area contributed by atoms with Crippen LogP contribution in [0.5, 0.6) is 0 Å². The zero-order valence-corrected chi connectivity index (χ0v) is 4.53. The fourth-order valence-electron chi connectivity index (χ4n) is 0.222. The second-order valence-corrected chi connectivity index (χ2v) is 2.03. The molecule has 0 saturated heterocycles. The van der Waals surface area contributed by atoms with Gasteiger partial charge in [0.25, 0.3) is 0 Å². The van der Waals surface area contributed by atoms with Gasteiger partial charge in [0.05, 0.1) is 11.8 Å². The molecule has 0 aromatic carbocycles. The van der Waals surface area contributed by atoms with Crippen LogP contribution in [0.3, 0.4) is 0 Å². The highest BCUT2D eigenvalue weighted by molar-refractivity contribution is 9.09. The molecule has 1 fully saturated rings. The Morgan fingerprint density at radius 2 is 2.60 bits per heavy atom. The molecule has 0 heterocycles. The quantitative estimate of drug-likeness (QED) is 0.377. The van der Waals surface area contributed by atoms with Gasteiger partial charge in [0, 0.05) is 0 Å². The molecule has 1 heteroatoms. The van der Waals surface area contributed by atoms with Crippen LogP contribution in [0.4, 0.5) is 0 Å². The van der Waals surface area contributed by atoms with E-state index in [1.807, 2.05) is 0 Å². The van der Waals surface area contributed by atoms with Crippen LogP contribution >= 0.6 is 15.9 Å². The Morgan fingerprint density at radius 3 is 2.60 bits per heavy atom. The van der Waals surface area contributed by atoms with Gasteiger partial charge in [-0.2, -0.15) is 0 Å². The molecule has 1 rings (SSSR count). The molecule has 28 valence electrons. The summed E-state index contributed by atoms with van der Waals surface area (Å²) in [5.41, 5.74) is 0. The molecule has 0 aliphatic heterocycles. The van der Waals surface area contributed by atoms with E-state index in [1.165, 1.54) is 11.8 Å². The summed E-state index contributed by atoms with van der Waals surface area (Å²) in [5, 5.41) is 1.17. The number of halogens is 1. The van der Waals surface area contributed by atoms with Crippen molar-refractivity contribution in [2.24, 2.45) is 5.92 Å². The van der Waals surface area contributed by atoms with Crippen LogP contribution in [-0.2, 0) is 0 Å². The smallest absolute Gasteiger partial charge is 0.0877 e. The van der Waals surface area contributed by atoms with E-state index in [0.29, 0.717) is 0 Å². The van der Waals surface area contributed by atoms with Gasteiger partial charge in [0.2, 0.25) is 0 Å². The molecule has 0 N–H and O–H groups in total. The number of alkyl halides is 1. The van der Waals surface area contributed by atoms with Gasteiger partial charge in [-0.25, -0.2) is 0 Å². The second kappa shape index (κ2) is 1.21. The van der Waals surface area contributed by atoms with Crippen molar-refractivity contribution >= 4 is 15.9 Å². The Morgan fingerprint density at radius 1 is 2.00 bits per heavy atom. The predicted octanol–water partition coefficient (Wildman–Crippen LogP) is 1.61. The SMILES string of the molecule is BrCC1[CH+]C1. The highest BCUT2D eigenvalue weighted by Crippen LogP contribution is 2.28. The van der Waals surface area contributed by atoms with Crippen molar-refractivity contribution in [1.29, 1.82) is 0 Å². The third-order valence-electron chi connectivity index (χ3n) is 0.767. The van der Waals surface area contributed by atoms with Gasteiger partial charge in [-0.05, 0) is 0 Å². The van der Waals surface area contributed by atoms with Crippen molar-refractivity contribution in [2.75, 3.05) is 5.33 Å². The first-order chi connectivity index (χ1) is 2.43. The van der Waals surface area contributed by atoms with Crippen molar-refractivity contribution in [3.63, 3.8) is 0 Å². The largest absolute Gasteiger partial charge is 0.147 e. The molecular weight excluding hydrogens is 128 g/mol. The predicted molar refractivity (Wildman–Crippen MR) is 26.2 cm³/mol. The molecule has 5 heavy (non-hydrogen) atoms. The van der Waals surface area contributed by atoms with Crippen LogP contribution < -0.4 is 0 Å². The topological polar surface area (TPSA) is 0 Å². The Labute approximate surface area is 40.7 Å². The van der Waals surface area contributed by atoms with E-state index in [1.54, 1.807) is 0 Å². The second-order valence-electron chi connectivity index (χ2n) is 1.39. The minimum Gasteiger partial charge on any atom is -0.0877 e. The van der Waals surface area contributed by atoms with E-state index in [2.05, 4.69) is 22.4 Å². The van der Waals surface area contributed by atoms with Crippen LogP contribution in [-0.4, -0.2) is 5.33 Å². The van der Waals surface area contributed by atoms with E-state index < -0.39 is 0 Å². The summed E-state index contributed by atoms with van der Waals surface area (Å²) in [6.07, 6.45) is 3.64. The Bertz CT molecular complexity index is 30.6. The molecule has 0 aromatic heterocycles. The van der Waals surface area contributed by atoms with Crippen molar-refractivity contribution in [2.45, 2.75) is 6.42 Å². The molecule has 0 amide bonds. The Hall–Kier alpha value is 0.350. The maximum atomic E-state index is 3.34. The Balaban J connectivity index is 2.00. The third-order valence-corrected chi connectivity index (χ3v) is 1.60. The van der Waals surface area contributed by atoms with Crippen LogP contribution in [0.1, 0.15) is 6.42 Å². The average molecular weight is 134 g/mol. The minimum absolute atomic E-state index is 0.926. The summed E-state index contributed by atoms with van der Waals surface area (Å²) in [5.74, 6) is 0.926. The summed E-state index contributed by atoms with van der Waals surface area (Å²) in [4.78, 5) is 0. The molecule has 0 spiro atoms. The Kier molecular flexibility index (Phi) is 0.856. The molecule has 0 radical (unpaired) electrons. The first-order valence-corrected chi connectivity index (χ1v) is 2.95. The fraction of sp³-hybridized carbons (Fsp3) is 0.750. The van der Waals surface area contributed by atoms with E-state index in [4.69, 9.17) is 0 Å². The third kappa shape index (κ3) is 0.839. The normalized spacial score (nSPS) is 32.6. The van der Waals surface area contributed by atoms with Gasteiger partial charge in [-0.3, -0.25) is 0 Å². The lowest BCUT2D eigenvalue weighted by Crippen LogP contribution is -1.66. The van der Waals surface area contributed by atoms with Gasteiger partial charge in [0.1, 0.15) is 12.3 Å². The summed E-state index contributed by atoms with van der Waals surface area (Å²) >= 11 is 3.34. The molecule has 0 bridgehead atoms. The fourth-order valence-corrected chi connectivity index (χ4v) is 0.751. The monoisotopic (exact) mass is 133 g/mol. The summed E-state index contributed by atoms with van der Waals surface area (Å²) in [6, 6.07) is 0. The molecule has 0 aromatic rings. The van der Waals surface area contributed by atoms with E-state index in [-0.39, 0.29) is 0 Å². The van der Waals surface area contributed by atoms with Gasteiger partial charge in [-0.1, -0.05) is 15.9 Å². The van der Waals surface area contributed by atoms with Gasteiger partial charge in [0.15, 0.2) is 0 Å². The van der Waals surface area contributed by atoms with E-state index in [0.717, 1.165) is 5.92 Å². The van der Waals surface area contributed by atoms with E-state index >= 15 is 0 Å². The highest BCUT2D eigenvalue weighted by atomic mass is 79.9. The zero-order valence-electron chi connectivity index (χ0n) is 2.95. The first kappa shape index (κ1) is 3.54. The summed E-state index contributed by atoms with van der Waals surface area (Å²) in [7, 11) is 0. The molecular formula is C4H6Br+. The maximum absolute atomic E-state index is 3.34. The average Bonchev–Trinajstić information content (AvgIpc) is 2.12. The van der Waals surface area contributed by atoms with Gasteiger partial charge >= 0.3 is 0 Å². The highest BCUT2D eigenvalue weighted by Gasteiger charge is 2.33. The molecule has 1 aliphatic carbocycles. The lowest BCUT2D eigenvalue weighted by molar-refractivity contribution is 1.05. The molecule has 1 atom stereocenters. The zero-order chi connectivity index (χ0) is 3.70. The van der Waals surface area contributed by atoms with Crippen molar-refractivity contribution in [1.82, 2.24) is 0 Å². The minimum atomic E-state index is 0.926. The van der Waals surface area contributed by atoms with Gasteiger partial charge < -0.3 is 0 Å². The molecule has 1 unspecified atom stereocenters. The maximum Gasteiger partial charge on any atom is 0.147 e. The van der Waals surface area contributed by atoms with E-state index in [9.17, 15) is 0 Å². The summed E-state index contributed by atoms with van der Waals surface area (Å²) < 4.78 is 0. The lowest BCUT2D eigenvalue weighted by Gasteiger charge is -1.60.